The zero-order valence-electron chi connectivity index (χ0n) is 5.39. The number of hydrogen-bond acceptors (Lipinski definition) is 2. The highest BCUT2D eigenvalue weighted by Gasteiger charge is 2.42. The van der Waals surface area contributed by atoms with Crippen LogP contribution in [0.25, 0.3) is 0 Å². The lowest BCUT2D eigenvalue weighted by atomic mass is 10.1. The van der Waals surface area contributed by atoms with Crippen LogP contribution in [-0.2, 0) is 0 Å². The number of rotatable bonds is 2. The normalized spacial score (nSPS) is 23.1. The average molecular weight is 174 g/mol. The van der Waals surface area contributed by atoms with Crippen molar-refractivity contribution in [1.82, 2.24) is 4.90 Å². The zero-order chi connectivity index (χ0) is 6.91. The van der Waals surface area contributed by atoms with E-state index in [4.69, 9.17) is 5.11 Å². The van der Waals surface area contributed by atoms with Crippen molar-refractivity contribution in [2.75, 3.05) is 26.2 Å². The van der Waals surface area contributed by atoms with Crippen molar-refractivity contribution < 1.29 is 13.9 Å². The molecule has 1 aliphatic rings. The molecule has 0 aromatic rings. The van der Waals surface area contributed by atoms with Gasteiger partial charge in [-0.25, -0.2) is 8.78 Å². The van der Waals surface area contributed by atoms with E-state index < -0.39 is 5.92 Å². The maximum Gasteiger partial charge on any atom is 0.272 e. The summed E-state index contributed by atoms with van der Waals surface area (Å²) in [4.78, 5) is 1.51. The molecule has 0 atom stereocenters. The SMILES string of the molecule is Cl.OCCN1CC(F)(F)C1. The molecule has 1 aliphatic heterocycles. The van der Waals surface area contributed by atoms with Gasteiger partial charge in [0.15, 0.2) is 0 Å². The smallest absolute Gasteiger partial charge is 0.272 e. The Balaban J connectivity index is 0.000000810. The molecule has 2 nitrogen and oxygen atoms in total. The van der Waals surface area contributed by atoms with Crippen LogP contribution in [0.4, 0.5) is 8.78 Å². The van der Waals surface area contributed by atoms with Crippen LogP contribution in [0.3, 0.4) is 0 Å². The molecule has 5 heteroatoms. The fourth-order valence-corrected chi connectivity index (χ4v) is 0.908. The highest BCUT2D eigenvalue weighted by molar-refractivity contribution is 5.85. The quantitative estimate of drug-likeness (QED) is 0.652. The molecular weight excluding hydrogens is 164 g/mol. The van der Waals surface area contributed by atoms with E-state index in [0.717, 1.165) is 0 Å². The molecule has 62 valence electrons. The second-order valence-corrected chi connectivity index (χ2v) is 2.29. The van der Waals surface area contributed by atoms with E-state index >= 15 is 0 Å². The predicted molar refractivity (Wildman–Crippen MR) is 35.7 cm³/mol. The minimum atomic E-state index is -2.49. The highest BCUT2D eigenvalue weighted by atomic mass is 35.5. The first-order valence-corrected chi connectivity index (χ1v) is 2.85. The molecule has 10 heavy (non-hydrogen) atoms. The lowest BCUT2D eigenvalue weighted by molar-refractivity contribution is -0.132. The number of aliphatic hydroxyl groups is 1. The number of hydrogen-bond donors (Lipinski definition) is 1. The lowest BCUT2D eigenvalue weighted by Gasteiger charge is -2.38. The largest absolute Gasteiger partial charge is 0.395 e. The average Bonchev–Trinajstić information content (AvgIpc) is 1.62. The van der Waals surface area contributed by atoms with Crippen LogP contribution in [0.5, 0.6) is 0 Å². The van der Waals surface area contributed by atoms with Gasteiger partial charge in [0.25, 0.3) is 5.92 Å². The van der Waals surface area contributed by atoms with Gasteiger partial charge in [-0.3, -0.25) is 4.90 Å². The van der Waals surface area contributed by atoms with Crippen LogP contribution < -0.4 is 0 Å². The van der Waals surface area contributed by atoms with Crippen molar-refractivity contribution in [3.8, 4) is 0 Å². The Morgan fingerprint density at radius 1 is 1.40 bits per heavy atom. The molecule has 1 saturated heterocycles. The minimum Gasteiger partial charge on any atom is -0.395 e. The molecule has 0 radical (unpaired) electrons. The summed E-state index contributed by atoms with van der Waals surface area (Å²) in [5.41, 5.74) is 0. The van der Waals surface area contributed by atoms with Gasteiger partial charge in [0.1, 0.15) is 0 Å². The molecule has 0 bridgehead atoms. The summed E-state index contributed by atoms with van der Waals surface area (Å²) in [6.45, 7) is -0.0349. The molecule has 1 N–H and O–H groups in total. The van der Waals surface area contributed by atoms with Crippen molar-refractivity contribution in [2.45, 2.75) is 5.92 Å². The first kappa shape index (κ1) is 10.1. The van der Waals surface area contributed by atoms with Crippen LogP contribution in [0, 0.1) is 0 Å². The molecule has 1 fully saturated rings. The molecule has 0 aliphatic carbocycles. The number of likely N-dealkylation sites (tertiary alicyclic amines) is 1. The monoisotopic (exact) mass is 173 g/mol. The van der Waals surface area contributed by atoms with Gasteiger partial charge in [-0.05, 0) is 0 Å². The maximum absolute atomic E-state index is 12.0. The standard InChI is InChI=1S/C5H9F2NO.ClH/c6-5(7)3-8(4-5)1-2-9;/h9H,1-4H2;1H. The van der Waals surface area contributed by atoms with Crippen molar-refractivity contribution in [2.24, 2.45) is 0 Å². The van der Waals surface area contributed by atoms with E-state index in [2.05, 4.69) is 0 Å². The van der Waals surface area contributed by atoms with Crippen molar-refractivity contribution in [1.29, 1.82) is 0 Å². The van der Waals surface area contributed by atoms with Crippen molar-refractivity contribution in [3.63, 3.8) is 0 Å². The van der Waals surface area contributed by atoms with Gasteiger partial charge in [0.05, 0.1) is 19.7 Å². The van der Waals surface area contributed by atoms with Crippen molar-refractivity contribution in [3.05, 3.63) is 0 Å². The summed E-state index contributed by atoms with van der Waals surface area (Å²) in [6, 6.07) is 0. The van der Waals surface area contributed by atoms with E-state index in [1.807, 2.05) is 0 Å². The first-order chi connectivity index (χ1) is 4.14. The van der Waals surface area contributed by atoms with Crippen LogP contribution >= 0.6 is 12.4 Å². The molecule has 0 aromatic carbocycles. The first-order valence-electron chi connectivity index (χ1n) is 2.85. The number of nitrogens with zero attached hydrogens (tertiary/aromatic N) is 1. The van der Waals surface area contributed by atoms with E-state index in [1.165, 1.54) is 4.90 Å². The molecule has 0 amide bonds. The van der Waals surface area contributed by atoms with Gasteiger partial charge in [-0.15, -0.1) is 12.4 Å². The van der Waals surface area contributed by atoms with Crippen LogP contribution in [0.2, 0.25) is 0 Å². The number of β-amino-alcohol motifs (C(OH)–C–C–N with tert-alkyl or cyclic N) is 1. The molecule has 1 heterocycles. The Kier molecular flexibility index (Phi) is 3.48. The second kappa shape index (κ2) is 3.46. The van der Waals surface area contributed by atoms with Gasteiger partial charge in [-0.1, -0.05) is 0 Å². The van der Waals surface area contributed by atoms with E-state index in [-0.39, 0.29) is 32.1 Å². The van der Waals surface area contributed by atoms with Gasteiger partial charge in [-0.2, -0.15) is 0 Å². The molecule has 0 unspecified atom stereocenters. The Hall–Kier alpha value is 0.0700. The molecular formula is C5H10ClF2NO. The topological polar surface area (TPSA) is 23.5 Å². The third-order valence-electron chi connectivity index (χ3n) is 1.33. The molecule has 1 rings (SSSR count). The summed E-state index contributed by atoms with van der Waals surface area (Å²) in [7, 11) is 0. The Morgan fingerprint density at radius 2 is 1.90 bits per heavy atom. The van der Waals surface area contributed by atoms with E-state index in [1.54, 1.807) is 0 Å². The van der Waals surface area contributed by atoms with Crippen LogP contribution in [-0.4, -0.2) is 42.2 Å². The number of aliphatic hydroxyl groups excluding tert-OH is 1. The summed E-state index contributed by atoms with van der Waals surface area (Å²) in [5, 5.41) is 8.29. The number of halogens is 3. The van der Waals surface area contributed by atoms with Crippen LogP contribution in [0.15, 0.2) is 0 Å². The molecule has 0 aromatic heterocycles. The predicted octanol–water partition coefficient (Wildman–Crippen LogP) is 0.351. The van der Waals surface area contributed by atoms with Crippen LogP contribution in [0.1, 0.15) is 0 Å². The molecule has 0 saturated carbocycles. The minimum absolute atomic E-state index is 0. The lowest BCUT2D eigenvalue weighted by Crippen LogP contribution is -2.56. The summed E-state index contributed by atoms with van der Waals surface area (Å²) in [6.07, 6.45) is 0. The second-order valence-electron chi connectivity index (χ2n) is 2.29. The third kappa shape index (κ3) is 2.36. The zero-order valence-corrected chi connectivity index (χ0v) is 6.20. The summed E-state index contributed by atoms with van der Waals surface area (Å²) < 4.78 is 24.0. The van der Waals surface area contributed by atoms with Gasteiger partial charge in [0.2, 0.25) is 0 Å². The molecule has 0 spiro atoms. The fraction of sp³-hybridized carbons (Fsp3) is 1.00. The number of alkyl halides is 2. The van der Waals surface area contributed by atoms with Gasteiger partial charge >= 0.3 is 0 Å². The summed E-state index contributed by atoms with van der Waals surface area (Å²) in [5.74, 6) is -2.49. The summed E-state index contributed by atoms with van der Waals surface area (Å²) >= 11 is 0. The maximum atomic E-state index is 12.0. The Labute approximate surface area is 64.2 Å². The van der Waals surface area contributed by atoms with E-state index in [9.17, 15) is 8.78 Å². The van der Waals surface area contributed by atoms with Gasteiger partial charge < -0.3 is 5.11 Å². The Morgan fingerprint density at radius 3 is 2.20 bits per heavy atom. The van der Waals surface area contributed by atoms with E-state index in [0.29, 0.717) is 6.54 Å². The fourth-order valence-electron chi connectivity index (χ4n) is 0.908. The Bertz CT molecular complexity index is 104. The van der Waals surface area contributed by atoms with Crippen molar-refractivity contribution >= 4 is 12.4 Å². The third-order valence-corrected chi connectivity index (χ3v) is 1.33. The highest BCUT2D eigenvalue weighted by Crippen LogP contribution is 2.25. The van der Waals surface area contributed by atoms with Gasteiger partial charge in [0, 0.05) is 6.54 Å².